The molecule has 0 aliphatic carbocycles. The van der Waals surface area contributed by atoms with Crippen molar-refractivity contribution in [3.05, 3.63) is 34.7 Å². The number of benzene rings is 1. The first-order chi connectivity index (χ1) is 8.63. The predicted octanol–water partition coefficient (Wildman–Crippen LogP) is 3.63. The highest BCUT2D eigenvalue weighted by atomic mass is 32.1. The smallest absolute Gasteiger partial charge is 0.0445 e. The van der Waals surface area contributed by atoms with E-state index in [1.165, 1.54) is 20.5 Å². The second-order valence-corrected chi connectivity index (χ2v) is 5.97. The second-order valence-electron chi connectivity index (χ2n) is 4.89. The van der Waals surface area contributed by atoms with Crippen molar-refractivity contribution in [3.63, 3.8) is 0 Å². The molecule has 0 aliphatic heterocycles. The van der Waals surface area contributed by atoms with E-state index in [0.29, 0.717) is 12.1 Å². The highest BCUT2D eigenvalue weighted by molar-refractivity contribution is 7.19. The average Bonchev–Trinajstić information content (AvgIpc) is 2.68. The largest absolute Gasteiger partial charge is 0.396 e. The van der Waals surface area contributed by atoms with Gasteiger partial charge in [-0.1, -0.05) is 18.2 Å². The van der Waals surface area contributed by atoms with E-state index in [4.69, 9.17) is 5.11 Å². The molecule has 0 radical (unpaired) electrons. The molecule has 0 spiro atoms. The summed E-state index contributed by atoms with van der Waals surface area (Å²) >= 11 is 1.87. The van der Waals surface area contributed by atoms with E-state index in [1.807, 2.05) is 11.3 Å². The highest BCUT2D eigenvalue weighted by Crippen LogP contribution is 2.34. The first-order valence-electron chi connectivity index (χ1n) is 6.48. The highest BCUT2D eigenvalue weighted by Gasteiger charge is 2.15. The normalized spacial score (nSPS) is 14.9. The Bertz CT molecular complexity index is 520. The molecule has 0 bridgehead atoms. The Labute approximate surface area is 113 Å². The van der Waals surface area contributed by atoms with Gasteiger partial charge < -0.3 is 10.4 Å². The fourth-order valence-corrected chi connectivity index (χ4v) is 3.61. The number of aryl methyl sites for hydroxylation is 1. The lowest BCUT2D eigenvalue weighted by molar-refractivity contribution is 0.265. The quantitative estimate of drug-likeness (QED) is 0.863. The van der Waals surface area contributed by atoms with E-state index in [9.17, 15) is 0 Å². The fraction of sp³-hybridized carbons (Fsp3) is 0.467. The van der Waals surface area contributed by atoms with Gasteiger partial charge in [-0.2, -0.15) is 0 Å². The number of hydrogen-bond donors (Lipinski definition) is 2. The van der Waals surface area contributed by atoms with Crippen LogP contribution in [-0.2, 0) is 0 Å². The van der Waals surface area contributed by atoms with E-state index in [0.717, 1.165) is 6.42 Å². The number of aliphatic hydroxyl groups excluding tert-OH is 1. The van der Waals surface area contributed by atoms with Crippen LogP contribution in [0.3, 0.4) is 0 Å². The molecular weight excluding hydrogens is 242 g/mol. The molecule has 0 fully saturated rings. The van der Waals surface area contributed by atoms with E-state index in [2.05, 4.69) is 50.4 Å². The molecule has 0 saturated carbocycles. The minimum absolute atomic E-state index is 0.242. The lowest BCUT2D eigenvalue weighted by Gasteiger charge is -2.19. The van der Waals surface area contributed by atoms with Gasteiger partial charge in [-0.25, -0.2) is 0 Å². The maximum absolute atomic E-state index is 8.95. The van der Waals surface area contributed by atoms with E-state index < -0.39 is 0 Å². The van der Waals surface area contributed by atoms with Gasteiger partial charge >= 0.3 is 0 Å². The minimum atomic E-state index is 0.242. The number of aliphatic hydroxyl groups is 1. The fourth-order valence-electron chi connectivity index (χ4n) is 2.39. The zero-order valence-corrected chi connectivity index (χ0v) is 12.1. The van der Waals surface area contributed by atoms with Crippen LogP contribution in [0, 0.1) is 6.92 Å². The summed E-state index contributed by atoms with van der Waals surface area (Å²) in [5, 5.41) is 13.9. The van der Waals surface area contributed by atoms with Crippen LogP contribution in [-0.4, -0.2) is 17.8 Å². The lowest BCUT2D eigenvalue weighted by atomic mass is 10.1. The molecule has 1 aromatic heterocycles. The summed E-state index contributed by atoms with van der Waals surface area (Å²) in [6.45, 7) is 6.76. The van der Waals surface area contributed by atoms with E-state index >= 15 is 0 Å². The Morgan fingerprint density at radius 1 is 1.28 bits per heavy atom. The summed E-state index contributed by atoms with van der Waals surface area (Å²) in [5.41, 5.74) is 1.38. The zero-order chi connectivity index (χ0) is 13.1. The Balaban J connectivity index is 2.22. The Morgan fingerprint density at radius 2 is 2.00 bits per heavy atom. The van der Waals surface area contributed by atoms with Crippen molar-refractivity contribution in [1.29, 1.82) is 0 Å². The molecule has 2 unspecified atom stereocenters. The van der Waals surface area contributed by atoms with Gasteiger partial charge in [-0.05, 0) is 44.2 Å². The molecular formula is C15H21NOS. The van der Waals surface area contributed by atoms with Crippen LogP contribution in [0.5, 0.6) is 0 Å². The van der Waals surface area contributed by atoms with Crippen molar-refractivity contribution in [1.82, 2.24) is 5.32 Å². The number of nitrogens with one attached hydrogen (secondary N) is 1. The van der Waals surface area contributed by atoms with Crippen molar-refractivity contribution in [2.45, 2.75) is 39.3 Å². The van der Waals surface area contributed by atoms with Gasteiger partial charge in [0.25, 0.3) is 0 Å². The predicted molar refractivity (Wildman–Crippen MR) is 79.3 cm³/mol. The van der Waals surface area contributed by atoms with Crippen molar-refractivity contribution < 1.29 is 5.11 Å². The Morgan fingerprint density at radius 3 is 2.67 bits per heavy atom. The van der Waals surface area contributed by atoms with Gasteiger partial charge in [-0.3, -0.25) is 0 Å². The molecule has 98 valence electrons. The number of rotatable bonds is 5. The molecule has 0 amide bonds. The molecule has 0 saturated heterocycles. The summed E-state index contributed by atoms with van der Waals surface area (Å²) in [5.74, 6) is 0. The summed E-state index contributed by atoms with van der Waals surface area (Å²) < 4.78 is 1.36. The van der Waals surface area contributed by atoms with Crippen LogP contribution in [0.2, 0.25) is 0 Å². The second kappa shape index (κ2) is 5.83. The SMILES string of the molecule is Cc1c(C(C)NC(C)CCO)sc2ccccc12. The molecule has 3 heteroatoms. The maximum Gasteiger partial charge on any atom is 0.0445 e. The topological polar surface area (TPSA) is 32.3 Å². The van der Waals surface area contributed by atoms with Crippen molar-refractivity contribution >= 4 is 21.4 Å². The molecule has 2 N–H and O–H groups in total. The molecule has 2 rings (SSSR count). The van der Waals surface area contributed by atoms with Crippen molar-refractivity contribution in [2.75, 3.05) is 6.61 Å². The summed E-state index contributed by atoms with van der Waals surface area (Å²) in [4.78, 5) is 1.40. The van der Waals surface area contributed by atoms with E-state index in [-0.39, 0.29) is 6.61 Å². The van der Waals surface area contributed by atoms with Crippen LogP contribution in [0.4, 0.5) is 0 Å². The molecule has 0 aliphatic rings. The lowest BCUT2D eigenvalue weighted by Crippen LogP contribution is -2.29. The molecule has 2 atom stereocenters. The van der Waals surface area contributed by atoms with Gasteiger partial charge in [0.15, 0.2) is 0 Å². The maximum atomic E-state index is 8.95. The zero-order valence-electron chi connectivity index (χ0n) is 11.2. The summed E-state index contributed by atoms with van der Waals surface area (Å²) in [7, 11) is 0. The monoisotopic (exact) mass is 263 g/mol. The molecule has 1 aromatic carbocycles. The van der Waals surface area contributed by atoms with E-state index in [1.54, 1.807) is 0 Å². The molecule has 18 heavy (non-hydrogen) atoms. The van der Waals surface area contributed by atoms with Crippen molar-refractivity contribution in [2.24, 2.45) is 0 Å². The number of thiophene rings is 1. The standard InChI is InChI=1S/C15H21NOS/c1-10(8-9-17)16-12(3)15-11(2)13-6-4-5-7-14(13)18-15/h4-7,10,12,16-17H,8-9H2,1-3H3. The van der Waals surface area contributed by atoms with Crippen LogP contribution in [0.15, 0.2) is 24.3 Å². The van der Waals surface area contributed by atoms with Crippen LogP contribution in [0.1, 0.15) is 36.8 Å². The van der Waals surface area contributed by atoms with Gasteiger partial charge in [0, 0.05) is 28.3 Å². The number of fused-ring (bicyclic) bond motifs is 1. The molecule has 2 aromatic rings. The van der Waals surface area contributed by atoms with Gasteiger partial charge in [0.2, 0.25) is 0 Å². The summed E-state index contributed by atoms with van der Waals surface area (Å²) in [6, 6.07) is 9.24. The number of hydrogen-bond acceptors (Lipinski definition) is 3. The summed E-state index contributed by atoms with van der Waals surface area (Å²) in [6.07, 6.45) is 0.800. The third-order valence-corrected chi connectivity index (χ3v) is 4.83. The molecule has 1 heterocycles. The first-order valence-corrected chi connectivity index (χ1v) is 7.30. The Hall–Kier alpha value is -0.900. The third kappa shape index (κ3) is 2.74. The van der Waals surface area contributed by atoms with Crippen LogP contribution in [0.25, 0.3) is 10.1 Å². The Kier molecular flexibility index (Phi) is 4.38. The average molecular weight is 263 g/mol. The van der Waals surface area contributed by atoms with Gasteiger partial charge in [0.05, 0.1) is 0 Å². The van der Waals surface area contributed by atoms with Crippen molar-refractivity contribution in [3.8, 4) is 0 Å². The molecule has 2 nitrogen and oxygen atoms in total. The third-order valence-electron chi connectivity index (χ3n) is 3.37. The van der Waals surface area contributed by atoms with Gasteiger partial charge in [0.1, 0.15) is 0 Å². The van der Waals surface area contributed by atoms with Crippen LogP contribution >= 0.6 is 11.3 Å². The minimum Gasteiger partial charge on any atom is -0.396 e. The first kappa shape index (κ1) is 13.5. The van der Waals surface area contributed by atoms with Gasteiger partial charge in [-0.15, -0.1) is 11.3 Å². The van der Waals surface area contributed by atoms with Crippen LogP contribution < -0.4 is 5.32 Å².